The Morgan fingerprint density at radius 1 is 0.750 bits per heavy atom. The highest BCUT2D eigenvalue weighted by Gasteiger charge is 2.53. The van der Waals surface area contributed by atoms with Crippen molar-refractivity contribution in [3.8, 4) is 11.5 Å². The Kier molecular flexibility index (Phi) is 7.50. The Balaban J connectivity index is 1.76. The summed E-state index contributed by atoms with van der Waals surface area (Å²) in [6.45, 7) is 10.2. The molecule has 176 valence electrons. The van der Waals surface area contributed by atoms with Crippen molar-refractivity contribution in [1.29, 1.82) is 0 Å². The van der Waals surface area contributed by atoms with Crippen LogP contribution in [-0.2, 0) is 9.47 Å². The van der Waals surface area contributed by atoms with E-state index in [1.165, 1.54) is 21.2 Å². The first-order valence-electron chi connectivity index (χ1n) is 11.4. The molecular formula is C26H40N2O4+2. The molecule has 6 nitrogen and oxygen atoms in total. The Hall–Kier alpha value is -2.12. The van der Waals surface area contributed by atoms with E-state index in [1.807, 2.05) is 24.3 Å². The molecule has 0 amide bonds. The molecule has 2 aromatic rings. The third-order valence-electron chi connectivity index (χ3n) is 6.71. The zero-order valence-electron chi connectivity index (χ0n) is 20.8. The first kappa shape index (κ1) is 24.5. The van der Waals surface area contributed by atoms with E-state index in [0.717, 1.165) is 24.6 Å². The van der Waals surface area contributed by atoms with Gasteiger partial charge in [0.1, 0.15) is 48.2 Å². The molecule has 1 aliphatic rings. The highest BCUT2D eigenvalue weighted by Crippen LogP contribution is 2.41. The predicted octanol–water partition coefficient (Wildman–Crippen LogP) is 2.24. The lowest BCUT2D eigenvalue weighted by Crippen LogP contribution is -3.07. The number of rotatable bonds is 8. The summed E-state index contributed by atoms with van der Waals surface area (Å²) in [5.74, 6) is 1.10. The zero-order valence-corrected chi connectivity index (χ0v) is 20.8. The molecule has 6 heteroatoms. The van der Waals surface area contributed by atoms with Gasteiger partial charge < -0.3 is 28.7 Å². The second-order valence-corrected chi connectivity index (χ2v) is 9.93. The maximum atomic E-state index is 6.64. The van der Waals surface area contributed by atoms with Crippen LogP contribution in [0.25, 0.3) is 0 Å². The summed E-state index contributed by atoms with van der Waals surface area (Å²) in [6.07, 6.45) is -0.0379. The molecule has 2 N–H and O–H groups in total. The fourth-order valence-electron chi connectivity index (χ4n) is 4.05. The molecule has 1 heterocycles. The molecule has 1 fully saturated rings. The second-order valence-electron chi connectivity index (χ2n) is 9.93. The lowest BCUT2D eigenvalue weighted by atomic mass is 9.87. The molecule has 0 aliphatic carbocycles. The minimum absolute atomic E-state index is 0.0190. The van der Waals surface area contributed by atoms with Crippen molar-refractivity contribution in [3.05, 3.63) is 48.5 Å². The van der Waals surface area contributed by atoms with E-state index in [1.54, 1.807) is 14.2 Å². The monoisotopic (exact) mass is 444 g/mol. The summed E-state index contributed by atoms with van der Waals surface area (Å²) >= 11 is 0. The maximum absolute atomic E-state index is 6.64. The van der Waals surface area contributed by atoms with Crippen molar-refractivity contribution in [2.45, 2.75) is 45.7 Å². The Morgan fingerprint density at radius 2 is 1.09 bits per heavy atom. The van der Waals surface area contributed by atoms with Gasteiger partial charge >= 0.3 is 0 Å². The van der Waals surface area contributed by atoms with E-state index in [9.17, 15) is 0 Å². The van der Waals surface area contributed by atoms with E-state index >= 15 is 0 Å². The van der Waals surface area contributed by atoms with Crippen LogP contribution >= 0.6 is 0 Å². The lowest BCUT2D eigenvalue weighted by molar-refractivity contribution is -0.823. The van der Waals surface area contributed by atoms with Gasteiger partial charge in [-0.1, -0.05) is 20.8 Å². The molecule has 1 aliphatic heterocycles. The number of benzene rings is 2. The Morgan fingerprint density at radius 3 is 1.38 bits per heavy atom. The molecular weight excluding hydrogens is 404 g/mol. The molecule has 2 unspecified atom stereocenters. The molecule has 0 spiro atoms. The van der Waals surface area contributed by atoms with Crippen LogP contribution < -0.4 is 19.3 Å². The van der Waals surface area contributed by atoms with E-state index in [-0.39, 0.29) is 17.6 Å². The topological polar surface area (TPSA) is 45.8 Å². The summed E-state index contributed by atoms with van der Waals surface area (Å²) in [4.78, 5) is 2.57. The SMILES string of the molecule is COc1ccc([NH+](C)C[C@@H]2OC(C)(C(C)(C)C)O[C@H]2C[NH+](C)c2ccc(OC)cc2)cc1. The molecule has 32 heavy (non-hydrogen) atoms. The van der Waals surface area contributed by atoms with Crippen molar-refractivity contribution in [1.82, 2.24) is 0 Å². The van der Waals surface area contributed by atoms with Crippen LogP contribution in [0.3, 0.4) is 0 Å². The lowest BCUT2D eigenvalue weighted by Gasteiger charge is -2.36. The smallest absolute Gasteiger partial charge is 0.171 e. The molecule has 4 atom stereocenters. The third-order valence-corrected chi connectivity index (χ3v) is 6.71. The van der Waals surface area contributed by atoms with Gasteiger partial charge in [-0.2, -0.15) is 0 Å². The molecule has 3 rings (SSSR count). The van der Waals surface area contributed by atoms with Crippen LogP contribution in [0, 0.1) is 5.41 Å². The first-order valence-corrected chi connectivity index (χ1v) is 11.4. The normalized spacial score (nSPS) is 25.4. The number of nitrogens with one attached hydrogen (secondary N) is 2. The average Bonchev–Trinajstić information content (AvgIpc) is 3.09. The van der Waals surface area contributed by atoms with Gasteiger partial charge in [-0.15, -0.1) is 0 Å². The average molecular weight is 445 g/mol. The summed E-state index contributed by atoms with van der Waals surface area (Å²) in [6, 6.07) is 16.4. The van der Waals surface area contributed by atoms with E-state index in [2.05, 4.69) is 66.1 Å². The van der Waals surface area contributed by atoms with Gasteiger partial charge in [-0.05, 0) is 31.2 Å². The molecule has 1 saturated heterocycles. The van der Waals surface area contributed by atoms with Crippen LogP contribution in [0.15, 0.2) is 48.5 Å². The minimum Gasteiger partial charge on any atom is -0.497 e. The standard InChI is InChI=1S/C26H38N2O4/c1-25(2,3)26(4)31-23(17-27(5)19-9-13-21(29-7)14-10-19)24(32-26)18-28(6)20-11-15-22(30-8)16-12-20/h9-16,23-24H,17-18H2,1-8H3/p+2/t23-,24-/m0/s1. The van der Waals surface area contributed by atoms with Gasteiger partial charge in [0.15, 0.2) is 5.79 Å². The highest BCUT2D eigenvalue weighted by atomic mass is 16.8. The van der Waals surface area contributed by atoms with Gasteiger partial charge in [0.2, 0.25) is 0 Å². The fraction of sp³-hybridized carbons (Fsp3) is 0.538. The molecule has 2 aromatic carbocycles. The number of likely N-dealkylation sites (N-methyl/N-ethyl adjacent to an activating group) is 2. The number of methoxy groups -OCH3 is 2. The molecule has 0 saturated carbocycles. The van der Waals surface area contributed by atoms with Crippen molar-refractivity contribution in [3.63, 3.8) is 0 Å². The third kappa shape index (κ3) is 5.44. The van der Waals surface area contributed by atoms with E-state index in [4.69, 9.17) is 18.9 Å². The quantitative estimate of drug-likeness (QED) is 0.656. The van der Waals surface area contributed by atoms with Gasteiger partial charge in [-0.3, -0.25) is 0 Å². The summed E-state index contributed by atoms with van der Waals surface area (Å²) in [5, 5.41) is 0. The van der Waals surface area contributed by atoms with Crippen LogP contribution in [0.5, 0.6) is 11.5 Å². The maximum Gasteiger partial charge on any atom is 0.171 e. The number of ether oxygens (including phenoxy) is 4. The second kappa shape index (κ2) is 9.79. The van der Waals surface area contributed by atoms with Crippen molar-refractivity contribution in [2.75, 3.05) is 41.4 Å². The number of hydrogen-bond donors (Lipinski definition) is 2. The van der Waals surface area contributed by atoms with E-state index in [0.29, 0.717) is 0 Å². The van der Waals surface area contributed by atoms with Gasteiger partial charge in [0.25, 0.3) is 0 Å². The molecule has 0 bridgehead atoms. The molecule has 0 aromatic heterocycles. The summed E-state index contributed by atoms with van der Waals surface area (Å²) in [7, 11) is 7.73. The largest absolute Gasteiger partial charge is 0.497 e. The van der Waals surface area contributed by atoms with E-state index < -0.39 is 5.79 Å². The van der Waals surface area contributed by atoms with Gasteiger partial charge in [-0.25, -0.2) is 0 Å². The Bertz CT molecular complexity index is 797. The zero-order chi connectivity index (χ0) is 23.5. The first-order chi connectivity index (χ1) is 15.1. The van der Waals surface area contributed by atoms with Crippen molar-refractivity contribution < 1.29 is 28.7 Å². The predicted molar refractivity (Wildman–Crippen MR) is 126 cm³/mol. The van der Waals surface area contributed by atoms with Crippen molar-refractivity contribution in [2.24, 2.45) is 5.41 Å². The van der Waals surface area contributed by atoms with Crippen molar-refractivity contribution >= 4 is 11.4 Å². The van der Waals surface area contributed by atoms with Crippen LogP contribution in [0.1, 0.15) is 27.7 Å². The number of quaternary nitrogens is 2. The molecule has 0 radical (unpaired) electrons. The van der Waals surface area contributed by atoms with Crippen LogP contribution in [0.4, 0.5) is 11.4 Å². The fourth-order valence-corrected chi connectivity index (χ4v) is 4.05. The number of hydrogen-bond acceptors (Lipinski definition) is 4. The van der Waals surface area contributed by atoms with Gasteiger partial charge in [0.05, 0.1) is 28.3 Å². The summed E-state index contributed by atoms with van der Waals surface area (Å²) < 4.78 is 23.9. The van der Waals surface area contributed by atoms with Crippen LogP contribution in [0.2, 0.25) is 0 Å². The minimum atomic E-state index is -0.636. The van der Waals surface area contributed by atoms with Crippen LogP contribution in [-0.4, -0.2) is 59.4 Å². The van der Waals surface area contributed by atoms with Gasteiger partial charge in [0, 0.05) is 29.7 Å². The highest BCUT2D eigenvalue weighted by molar-refractivity contribution is 5.36. The summed E-state index contributed by atoms with van der Waals surface area (Å²) in [5.41, 5.74) is 2.27. The Labute approximate surface area is 193 Å².